The molecule has 0 aromatic heterocycles. The first-order valence-electron chi connectivity index (χ1n) is 6.73. The van der Waals surface area contributed by atoms with Crippen LogP contribution in [0.15, 0.2) is 48.5 Å². The summed E-state index contributed by atoms with van der Waals surface area (Å²) in [5.41, 5.74) is 2.23. The van der Waals surface area contributed by atoms with E-state index in [4.69, 9.17) is 0 Å². The van der Waals surface area contributed by atoms with Gasteiger partial charge in [0.2, 0.25) is 0 Å². The van der Waals surface area contributed by atoms with E-state index in [1.807, 2.05) is 6.07 Å². The molecule has 0 saturated heterocycles. The highest BCUT2D eigenvalue weighted by molar-refractivity contribution is 5.18. The van der Waals surface area contributed by atoms with Crippen LogP contribution in [0.25, 0.3) is 0 Å². The Bertz CT molecular complexity index is 506. The van der Waals surface area contributed by atoms with Gasteiger partial charge in [-0.15, -0.1) is 0 Å². The van der Waals surface area contributed by atoms with E-state index >= 15 is 0 Å². The molecule has 0 nitrogen and oxygen atoms in total. The van der Waals surface area contributed by atoms with E-state index in [2.05, 4.69) is 24.3 Å². The zero-order valence-corrected chi connectivity index (χ0v) is 10.9. The van der Waals surface area contributed by atoms with Gasteiger partial charge < -0.3 is 0 Å². The van der Waals surface area contributed by atoms with Crippen molar-refractivity contribution in [3.8, 4) is 0 Å². The van der Waals surface area contributed by atoms with Crippen LogP contribution in [0.1, 0.15) is 30.4 Å². The predicted molar refractivity (Wildman–Crippen MR) is 74.1 cm³/mol. The largest absolute Gasteiger partial charge is 0.204 e. The second-order valence-corrected chi connectivity index (χ2v) is 4.79. The molecule has 0 spiro atoms. The fraction of sp³-hybridized carbons (Fsp3) is 0.294. The van der Waals surface area contributed by atoms with Gasteiger partial charge in [0.15, 0.2) is 11.6 Å². The Morgan fingerprint density at radius 2 is 1.32 bits per heavy atom. The van der Waals surface area contributed by atoms with E-state index in [0.29, 0.717) is 0 Å². The lowest BCUT2D eigenvalue weighted by atomic mass is 10.0. The minimum atomic E-state index is -0.771. The maximum Gasteiger partial charge on any atom is 0.159 e. The van der Waals surface area contributed by atoms with Crippen LogP contribution in [0, 0.1) is 11.6 Å². The van der Waals surface area contributed by atoms with Crippen molar-refractivity contribution in [2.24, 2.45) is 0 Å². The lowest BCUT2D eigenvalue weighted by Gasteiger charge is -2.03. The number of aryl methyl sites for hydroxylation is 2. The fourth-order valence-corrected chi connectivity index (χ4v) is 2.17. The summed E-state index contributed by atoms with van der Waals surface area (Å²) in [5, 5.41) is 0. The van der Waals surface area contributed by atoms with Crippen molar-refractivity contribution >= 4 is 0 Å². The summed E-state index contributed by atoms with van der Waals surface area (Å²) >= 11 is 0. The van der Waals surface area contributed by atoms with Gasteiger partial charge in [-0.2, -0.15) is 0 Å². The molecule has 0 saturated carbocycles. The quantitative estimate of drug-likeness (QED) is 0.647. The number of unbranched alkanes of at least 4 members (excludes halogenated alkanes) is 2. The van der Waals surface area contributed by atoms with Gasteiger partial charge in [-0.1, -0.05) is 42.8 Å². The van der Waals surface area contributed by atoms with Crippen LogP contribution in [0.5, 0.6) is 0 Å². The second kappa shape index (κ2) is 7.03. The standard InChI is InChI=1S/C17H18F2/c18-16-12-11-15(13-17(16)19)10-6-2-5-9-14-7-3-1-4-8-14/h1,3-4,7-8,11-13H,2,5-6,9-10H2. The van der Waals surface area contributed by atoms with Crippen LogP contribution in [-0.4, -0.2) is 0 Å². The second-order valence-electron chi connectivity index (χ2n) is 4.79. The first-order valence-corrected chi connectivity index (χ1v) is 6.73. The van der Waals surface area contributed by atoms with Crippen LogP contribution in [-0.2, 0) is 12.8 Å². The summed E-state index contributed by atoms with van der Waals surface area (Å²) in [5.74, 6) is -1.52. The highest BCUT2D eigenvalue weighted by Gasteiger charge is 2.02. The average molecular weight is 260 g/mol. The van der Waals surface area contributed by atoms with Gasteiger partial charge in [-0.25, -0.2) is 8.78 Å². The van der Waals surface area contributed by atoms with Crippen molar-refractivity contribution in [2.75, 3.05) is 0 Å². The summed E-state index contributed by atoms with van der Waals surface area (Å²) in [4.78, 5) is 0. The Hall–Kier alpha value is -1.70. The fourth-order valence-electron chi connectivity index (χ4n) is 2.17. The zero-order chi connectivity index (χ0) is 13.5. The molecule has 0 aliphatic rings. The lowest BCUT2D eigenvalue weighted by Crippen LogP contribution is -1.91. The number of hydrogen-bond acceptors (Lipinski definition) is 0. The van der Waals surface area contributed by atoms with Gasteiger partial charge in [0.05, 0.1) is 0 Å². The molecule has 0 N–H and O–H groups in total. The summed E-state index contributed by atoms with van der Waals surface area (Å²) in [6, 6.07) is 14.6. The smallest absolute Gasteiger partial charge is 0.159 e. The summed E-state index contributed by atoms with van der Waals surface area (Å²) in [7, 11) is 0. The molecule has 0 unspecified atom stereocenters. The number of halogens is 2. The molecule has 0 fully saturated rings. The number of hydrogen-bond donors (Lipinski definition) is 0. The van der Waals surface area contributed by atoms with Crippen LogP contribution in [0.3, 0.4) is 0 Å². The van der Waals surface area contributed by atoms with Crippen LogP contribution in [0.4, 0.5) is 8.78 Å². The van der Waals surface area contributed by atoms with Crippen LogP contribution in [0.2, 0.25) is 0 Å². The summed E-state index contributed by atoms with van der Waals surface area (Å²) in [6.45, 7) is 0. The molecule has 2 aromatic carbocycles. The third-order valence-electron chi connectivity index (χ3n) is 3.26. The maximum absolute atomic E-state index is 13.0. The Morgan fingerprint density at radius 1 is 0.632 bits per heavy atom. The molecule has 0 aliphatic heterocycles. The molecule has 0 amide bonds. The van der Waals surface area contributed by atoms with E-state index in [0.717, 1.165) is 37.7 Å². The van der Waals surface area contributed by atoms with Crippen molar-refractivity contribution in [1.82, 2.24) is 0 Å². The van der Waals surface area contributed by atoms with Crippen molar-refractivity contribution in [3.05, 3.63) is 71.3 Å². The first kappa shape index (κ1) is 13.7. The maximum atomic E-state index is 13.0. The van der Waals surface area contributed by atoms with E-state index in [1.165, 1.54) is 17.7 Å². The monoisotopic (exact) mass is 260 g/mol. The van der Waals surface area contributed by atoms with E-state index in [1.54, 1.807) is 6.07 Å². The Labute approximate surface area is 113 Å². The zero-order valence-electron chi connectivity index (χ0n) is 10.9. The molecular weight excluding hydrogens is 242 g/mol. The molecular formula is C17H18F2. The van der Waals surface area contributed by atoms with Gasteiger partial charge in [0.1, 0.15) is 0 Å². The lowest BCUT2D eigenvalue weighted by molar-refractivity contribution is 0.506. The highest BCUT2D eigenvalue weighted by Crippen LogP contribution is 2.13. The van der Waals surface area contributed by atoms with Crippen molar-refractivity contribution in [3.63, 3.8) is 0 Å². The van der Waals surface area contributed by atoms with Crippen LogP contribution < -0.4 is 0 Å². The number of rotatable bonds is 6. The van der Waals surface area contributed by atoms with E-state index < -0.39 is 11.6 Å². The molecule has 0 radical (unpaired) electrons. The van der Waals surface area contributed by atoms with Crippen molar-refractivity contribution in [2.45, 2.75) is 32.1 Å². The van der Waals surface area contributed by atoms with Gasteiger partial charge >= 0.3 is 0 Å². The first-order chi connectivity index (χ1) is 9.25. The van der Waals surface area contributed by atoms with E-state index in [9.17, 15) is 8.78 Å². The molecule has 2 aromatic rings. The molecule has 100 valence electrons. The number of benzene rings is 2. The van der Waals surface area contributed by atoms with Crippen LogP contribution >= 0.6 is 0 Å². The van der Waals surface area contributed by atoms with Gasteiger partial charge in [0, 0.05) is 0 Å². The normalized spacial score (nSPS) is 10.6. The summed E-state index contributed by atoms with van der Waals surface area (Å²) < 4.78 is 25.8. The highest BCUT2D eigenvalue weighted by atomic mass is 19.2. The Balaban J connectivity index is 1.68. The molecule has 0 heterocycles. The molecule has 0 aliphatic carbocycles. The molecule has 2 heteroatoms. The third-order valence-corrected chi connectivity index (χ3v) is 3.26. The Kier molecular flexibility index (Phi) is 5.08. The third kappa shape index (κ3) is 4.47. The van der Waals surface area contributed by atoms with Gasteiger partial charge in [-0.05, 0) is 48.9 Å². The van der Waals surface area contributed by atoms with E-state index in [-0.39, 0.29) is 0 Å². The molecule has 0 atom stereocenters. The van der Waals surface area contributed by atoms with Gasteiger partial charge in [-0.3, -0.25) is 0 Å². The minimum Gasteiger partial charge on any atom is -0.204 e. The Morgan fingerprint density at radius 3 is 2.00 bits per heavy atom. The predicted octanol–water partition coefficient (Wildman–Crippen LogP) is 4.92. The SMILES string of the molecule is Fc1ccc(CCCCCc2ccccc2)cc1F. The minimum absolute atomic E-state index is 0.748. The molecule has 0 bridgehead atoms. The summed E-state index contributed by atoms with van der Waals surface area (Å²) in [6.07, 6.45) is 5.14. The topological polar surface area (TPSA) is 0 Å². The van der Waals surface area contributed by atoms with Crippen molar-refractivity contribution < 1.29 is 8.78 Å². The van der Waals surface area contributed by atoms with Gasteiger partial charge in [0.25, 0.3) is 0 Å². The van der Waals surface area contributed by atoms with Crippen molar-refractivity contribution in [1.29, 1.82) is 0 Å². The molecule has 2 rings (SSSR count). The molecule has 19 heavy (non-hydrogen) atoms. The average Bonchev–Trinajstić information content (AvgIpc) is 2.43.